The fourth-order valence-electron chi connectivity index (χ4n) is 3.81. The van der Waals surface area contributed by atoms with E-state index >= 15 is 0 Å². The van der Waals surface area contributed by atoms with Crippen LogP contribution >= 0.6 is 0 Å². The molecule has 1 N–H and O–H groups in total. The Hall–Kier alpha value is -3.89. The van der Waals surface area contributed by atoms with E-state index in [2.05, 4.69) is 14.8 Å². The molecule has 0 fully saturated rings. The van der Waals surface area contributed by atoms with Gasteiger partial charge in [-0.15, -0.1) is 26.3 Å². The highest BCUT2D eigenvalue weighted by atomic mass is 19.4. The first-order valence-corrected chi connectivity index (χ1v) is 11.5. The van der Waals surface area contributed by atoms with Crippen LogP contribution in [0, 0.1) is 5.92 Å². The van der Waals surface area contributed by atoms with Crippen LogP contribution in [0.1, 0.15) is 31.9 Å². The highest BCUT2D eigenvalue weighted by Gasteiger charge is 2.40. The Morgan fingerprint density at radius 1 is 0.842 bits per heavy atom. The molecule has 0 saturated heterocycles. The molecular formula is C27H25F6NO4. The van der Waals surface area contributed by atoms with Crippen LogP contribution in [-0.2, 0) is 10.3 Å². The zero-order valence-electron chi connectivity index (χ0n) is 20.6. The quantitative estimate of drug-likeness (QED) is 0.296. The number of carbonyl (C=O) groups excluding carboxylic acids is 1. The number of nitrogens with one attached hydrogen (secondary N) is 1. The number of alkyl halides is 6. The Morgan fingerprint density at radius 2 is 1.47 bits per heavy atom. The Morgan fingerprint density at radius 3 is 2.08 bits per heavy atom. The second-order valence-electron chi connectivity index (χ2n) is 8.87. The molecule has 0 aromatic heterocycles. The van der Waals surface area contributed by atoms with Crippen molar-refractivity contribution in [2.24, 2.45) is 5.92 Å². The number of amides is 1. The van der Waals surface area contributed by atoms with Gasteiger partial charge in [0, 0.05) is 23.2 Å². The number of carbonyl (C=O) groups is 1. The third-order valence-electron chi connectivity index (χ3n) is 5.40. The van der Waals surface area contributed by atoms with Crippen LogP contribution in [-0.4, -0.2) is 25.4 Å². The fourth-order valence-corrected chi connectivity index (χ4v) is 3.81. The normalized spacial score (nSPS) is 13.5. The van der Waals surface area contributed by atoms with Crippen LogP contribution in [0.4, 0.5) is 31.1 Å². The van der Waals surface area contributed by atoms with E-state index in [0.717, 1.165) is 18.2 Å². The number of hydrogen-bond donors (Lipinski definition) is 1. The number of benzene rings is 3. The second-order valence-corrected chi connectivity index (χ2v) is 8.87. The Bertz CT molecular complexity index is 1240. The lowest BCUT2D eigenvalue weighted by molar-refractivity contribution is -0.275. The highest BCUT2D eigenvalue weighted by Crippen LogP contribution is 2.45. The monoisotopic (exact) mass is 541 g/mol. The molecule has 1 amide bonds. The largest absolute Gasteiger partial charge is 0.573 e. The zero-order valence-corrected chi connectivity index (χ0v) is 20.6. The average molecular weight is 541 g/mol. The molecule has 0 heterocycles. The van der Waals surface area contributed by atoms with Crippen molar-refractivity contribution in [2.45, 2.75) is 39.1 Å². The molecule has 0 aliphatic rings. The van der Waals surface area contributed by atoms with Crippen LogP contribution in [0.3, 0.4) is 0 Å². The molecule has 0 spiro atoms. The van der Waals surface area contributed by atoms with Gasteiger partial charge in [-0.25, -0.2) is 4.79 Å². The lowest BCUT2D eigenvalue weighted by atomic mass is 9.82. The smallest absolute Gasteiger partial charge is 0.433 e. The lowest BCUT2D eigenvalue weighted by Crippen LogP contribution is -2.37. The van der Waals surface area contributed by atoms with E-state index in [4.69, 9.17) is 4.74 Å². The molecule has 11 heteroatoms. The minimum absolute atomic E-state index is 0.0142. The molecule has 38 heavy (non-hydrogen) atoms. The summed E-state index contributed by atoms with van der Waals surface area (Å²) in [5.41, 5.74) is -1.61. The molecule has 0 radical (unpaired) electrons. The van der Waals surface area contributed by atoms with Crippen LogP contribution in [0.5, 0.6) is 11.5 Å². The number of ether oxygens (including phenoxy) is 3. The molecule has 0 aliphatic heterocycles. The first kappa shape index (κ1) is 28.7. The summed E-state index contributed by atoms with van der Waals surface area (Å²) in [6.07, 6.45) is -11.0. The first-order valence-electron chi connectivity index (χ1n) is 11.5. The summed E-state index contributed by atoms with van der Waals surface area (Å²) in [4.78, 5) is 12.8. The average Bonchev–Trinajstić information content (AvgIpc) is 2.81. The van der Waals surface area contributed by atoms with Gasteiger partial charge in [-0.3, -0.25) is 0 Å². The summed E-state index contributed by atoms with van der Waals surface area (Å²) in [5.74, 6) is -1.14. The van der Waals surface area contributed by atoms with Crippen LogP contribution in [0.15, 0.2) is 72.8 Å². The van der Waals surface area contributed by atoms with Crippen molar-refractivity contribution in [3.05, 3.63) is 83.9 Å². The molecule has 3 aromatic rings. The van der Waals surface area contributed by atoms with Crippen molar-refractivity contribution < 1.29 is 45.3 Å². The van der Waals surface area contributed by atoms with Crippen molar-refractivity contribution in [3.8, 4) is 22.6 Å². The SMILES string of the molecule is CC(C)CNC(=O)OC(C)(c1cccc(OC(F)(F)F)c1)c1cccc(OC(F)(F)F)c1-c1ccccc1. The highest BCUT2D eigenvalue weighted by molar-refractivity contribution is 5.77. The molecule has 5 nitrogen and oxygen atoms in total. The lowest BCUT2D eigenvalue weighted by Gasteiger charge is -2.33. The minimum Gasteiger partial charge on any atom is -0.433 e. The van der Waals surface area contributed by atoms with E-state index in [1.807, 2.05) is 13.8 Å². The van der Waals surface area contributed by atoms with E-state index in [9.17, 15) is 31.1 Å². The van der Waals surface area contributed by atoms with Crippen LogP contribution in [0.25, 0.3) is 11.1 Å². The predicted octanol–water partition coefficient (Wildman–Crippen LogP) is 7.80. The minimum atomic E-state index is -5.05. The topological polar surface area (TPSA) is 56.8 Å². The van der Waals surface area contributed by atoms with Gasteiger partial charge in [-0.2, -0.15) is 0 Å². The van der Waals surface area contributed by atoms with Gasteiger partial charge in [0.15, 0.2) is 5.60 Å². The maximum atomic E-state index is 13.3. The molecule has 204 valence electrons. The van der Waals surface area contributed by atoms with E-state index < -0.39 is 35.9 Å². The fraction of sp³-hybridized carbons (Fsp3) is 0.296. The number of halogens is 6. The van der Waals surface area contributed by atoms with Crippen molar-refractivity contribution >= 4 is 6.09 Å². The molecule has 3 rings (SSSR count). The van der Waals surface area contributed by atoms with Crippen LogP contribution < -0.4 is 14.8 Å². The Labute approximate surface area is 215 Å². The van der Waals surface area contributed by atoms with E-state index in [0.29, 0.717) is 5.56 Å². The van der Waals surface area contributed by atoms with E-state index in [1.54, 1.807) is 18.2 Å². The molecular weight excluding hydrogens is 516 g/mol. The molecule has 3 aromatic carbocycles. The van der Waals surface area contributed by atoms with Gasteiger partial charge in [0.25, 0.3) is 0 Å². The summed E-state index contributed by atoms with van der Waals surface area (Å²) in [6, 6.07) is 16.4. The summed E-state index contributed by atoms with van der Waals surface area (Å²) in [6.45, 7) is 5.26. The van der Waals surface area contributed by atoms with Gasteiger partial charge in [-0.1, -0.05) is 68.4 Å². The standard InChI is InChI=1S/C27H25F6NO4/c1-17(2)16-34-24(35)38-25(3,19-11-7-12-20(15-19)36-26(28,29)30)21-13-8-14-22(37-27(31,32)33)23(21)18-9-5-4-6-10-18/h4-15,17H,16H2,1-3H3,(H,34,35). The number of alkyl carbamates (subject to hydrolysis) is 1. The first-order chi connectivity index (χ1) is 17.7. The summed E-state index contributed by atoms with van der Waals surface area (Å²) < 4.78 is 92.9. The number of hydrogen-bond acceptors (Lipinski definition) is 4. The van der Waals surface area contributed by atoms with E-state index in [-0.39, 0.29) is 29.2 Å². The van der Waals surface area contributed by atoms with Gasteiger partial charge >= 0.3 is 18.8 Å². The second kappa shape index (κ2) is 11.2. The summed E-state index contributed by atoms with van der Waals surface area (Å²) >= 11 is 0. The van der Waals surface area contributed by atoms with Gasteiger partial charge < -0.3 is 19.5 Å². The van der Waals surface area contributed by atoms with Gasteiger partial charge in [0.05, 0.1) is 0 Å². The van der Waals surface area contributed by atoms with Crippen LogP contribution in [0.2, 0.25) is 0 Å². The molecule has 0 aliphatic carbocycles. The molecule has 1 atom stereocenters. The molecule has 0 saturated carbocycles. The predicted molar refractivity (Wildman–Crippen MR) is 127 cm³/mol. The Kier molecular flexibility index (Phi) is 8.48. The maximum Gasteiger partial charge on any atom is 0.573 e. The number of rotatable bonds is 8. The maximum absolute atomic E-state index is 13.3. The van der Waals surface area contributed by atoms with Crippen molar-refractivity contribution in [1.29, 1.82) is 0 Å². The van der Waals surface area contributed by atoms with Gasteiger partial charge in [0.2, 0.25) is 0 Å². The Balaban J connectivity index is 2.26. The van der Waals surface area contributed by atoms with Gasteiger partial charge in [0.1, 0.15) is 11.5 Å². The summed E-state index contributed by atoms with van der Waals surface area (Å²) in [7, 11) is 0. The van der Waals surface area contributed by atoms with Crippen molar-refractivity contribution in [2.75, 3.05) is 6.54 Å². The summed E-state index contributed by atoms with van der Waals surface area (Å²) in [5, 5.41) is 2.56. The van der Waals surface area contributed by atoms with E-state index in [1.165, 1.54) is 43.3 Å². The van der Waals surface area contributed by atoms with Gasteiger partial charge in [-0.05, 0) is 36.6 Å². The third-order valence-corrected chi connectivity index (χ3v) is 5.40. The van der Waals surface area contributed by atoms with Crippen molar-refractivity contribution in [3.63, 3.8) is 0 Å². The zero-order chi connectivity index (χ0) is 28.1. The van der Waals surface area contributed by atoms with Crippen molar-refractivity contribution in [1.82, 2.24) is 5.32 Å². The molecule has 0 bridgehead atoms. The molecule has 1 unspecified atom stereocenters. The third kappa shape index (κ3) is 7.56.